The zero-order valence-electron chi connectivity index (χ0n) is 14.8. The molecule has 27 heavy (non-hydrogen) atoms. The van der Waals surface area contributed by atoms with E-state index in [1.54, 1.807) is 25.4 Å². The van der Waals surface area contributed by atoms with Crippen LogP contribution in [0.15, 0.2) is 36.7 Å². The molecule has 3 heterocycles. The van der Waals surface area contributed by atoms with Gasteiger partial charge in [0.05, 0.1) is 11.1 Å². The monoisotopic (exact) mass is 379 g/mol. The molecule has 3 rings (SSSR count). The van der Waals surface area contributed by atoms with Crippen molar-refractivity contribution in [3.63, 3.8) is 0 Å². The van der Waals surface area contributed by atoms with Crippen LogP contribution >= 0.6 is 0 Å². The Hall–Kier alpha value is -2.84. The number of carbonyl (C=O) groups is 1. The lowest BCUT2D eigenvalue weighted by molar-refractivity contribution is -0.137. The number of nitrogens with one attached hydrogen (secondary N) is 2. The summed E-state index contributed by atoms with van der Waals surface area (Å²) in [6, 6.07) is 5.81. The normalized spacial score (nSPS) is 17.5. The van der Waals surface area contributed by atoms with E-state index in [1.165, 1.54) is 6.07 Å². The molecule has 2 aromatic rings. The van der Waals surface area contributed by atoms with Gasteiger partial charge in [-0.1, -0.05) is 0 Å². The van der Waals surface area contributed by atoms with E-state index in [0.717, 1.165) is 25.1 Å². The van der Waals surface area contributed by atoms with Crippen LogP contribution in [0.1, 0.15) is 28.8 Å². The van der Waals surface area contributed by atoms with Gasteiger partial charge in [-0.15, -0.1) is 0 Å². The van der Waals surface area contributed by atoms with Gasteiger partial charge in [0.25, 0.3) is 5.91 Å². The molecule has 2 N–H and O–H groups in total. The van der Waals surface area contributed by atoms with Crippen molar-refractivity contribution in [3.8, 4) is 0 Å². The number of carbonyl (C=O) groups excluding carboxylic acids is 1. The molecule has 1 atom stereocenters. The highest BCUT2D eigenvalue weighted by molar-refractivity contribution is 5.98. The Kier molecular flexibility index (Phi) is 5.48. The molecule has 0 radical (unpaired) electrons. The Morgan fingerprint density at radius 1 is 1.26 bits per heavy atom. The third-order valence-electron chi connectivity index (χ3n) is 4.44. The third kappa shape index (κ3) is 4.47. The second kappa shape index (κ2) is 7.81. The van der Waals surface area contributed by atoms with Gasteiger partial charge in [-0.05, 0) is 37.1 Å². The molecule has 6 nitrogen and oxygen atoms in total. The highest BCUT2D eigenvalue weighted by Gasteiger charge is 2.31. The Morgan fingerprint density at radius 2 is 2.07 bits per heavy atom. The maximum atomic E-state index is 12.7. The minimum absolute atomic E-state index is 0.00106. The molecular weight excluding hydrogens is 359 g/mol. The van der Waals surface area contributed by atoms with Crippen LogP contribution in [0.25, 0.3) is 0 Å². The minimum Gasteiger partial charge on any atom is -0.365 e. The van der Waals surface area contributed by atoms with Gasteiger partial charge in [0.2, 0.25) is 0 Å². The molecule has 2 aromatic heterocycles. The lowest BCUT2D eigenvalue weighted by atomic mass is 10.0. The van der Waals surface area contributed by atoms with Gasteiger partial charge in [0, 0.05) is 38.6 Å². The number of piperidine rings is 1. The molecule has 0 aromatic carbocycles. The predicted molar refractivity (Wildman–Crippen MR) is 95.7 cm³/mol. The van der Waals surface area contributed by atoms with Gasteiger partial charge >= 0.3 is 6.18 Å². The summed E-state index contributed by atoms with van der Waals surface area (Å²) in [6.07, 6.45) is -0.224. The zero-order valence-corrected chi connectivity index (χ0v) is 14.8. The second-order valence-electron chi connectivity index (χ2n) is 6.31. The van der Waals surface area contributed by atoms with Crippen LogP contribution in [-0.4, -0.2) is 42.1 Å². The summed E-state index contributed by atoms with van der Waals surface area (Å²) in [5, 5.41) is 5.86. The Labute approximate surface area is 154 Å². The Balaban J connectivity index is 1.71. The van der Waals surface area contributed by atoms with E-state index in [4.69, 9.17) is 0 Å². The van der Waals surface area contributed by atoms with Crippen molar-refractivity contribution < 1.29 is 18.0 Å². The Bertz CT molecular complexity index is 794. The number of aromatic nitrogens is 2. The van der Waals surface area contributed by atoms with Crippen LogP contribution in [0, 0.1) is 0 Å². The number of hydrogen-bond donors (Lipinski definition) is 2. The van der Waals surface area contributed by atoms with Crippen LogP contribution in [0.5, 0.6) is 0 Å². The molecular formula is C18H20F3N5O. The molecule has 0 unspecified atom stereocenters. The molecule has 0 bridgehead atoms. The van der Waals surface area contributed by atoms with Crippen molar-refractivity contribution >= 4 is 17.5 Å². The fraction of sp³-hybridized carbons (Fsp3) is 0.389. The molecule has 144 valence electrons. The molecule has 1 aliphatic rings. The fourth-order valence-corrected chi connectivity index (χ4v) is 3.08. The van der Waals surface area contributed by atoms with Crippen molar-refractivity contribution in [1.29, 1.82) is 0 Å². The summed E-state index contributed by atoms with van der Waals surface area (Å²) < 4.78 is 38.1. The summed E-state index contributed by atoms with van der Waals surface area (Å²) in [7, 11) is 1.55. The summed E-state index contributed by atoms with van der Waals surface area (Å²) >= 11 is 0. The van der Waals surface area contributed by atoms with Crippen molar-refractivity contribution in [1.82, 2.24) is 15.3 Å². The summed E-state index contributed by atoms with van der Waals surface area (Å²) in [5.74, 6) is 0.758. The van der Waals surface area contributed by atoms with Gasteiger partial charge in [-0.2, -0.15) is 13.2 Å². The number of rotatable bonds is 4. The molecule has 0 aliphatic carbocycles. The zero-order chi connectivity index (χ0) is 19.4. The number of pyridine rings is 2. The average molecular weight is 379 g/mol. The first kappa shape index (κ1) is 18.9. The topological polar surface area (TPSA) is 70.2 Å². The maximum absolute atomic E-state index is 12.7. The molecule has 1 fully saturated rings. The summed E-state index contributed by atoms with van der Waals surface area (Å²) in [4.78, 5) is 22.1. The average Bonchev–Trinajstić information content (AvgIpc) is 2.67. The quantitative estimate of drug-likeness (QED) is 0.855. The first-order valence-corrected chi connectivity index (χ1v) is 8.60. The number of alkyl halides is 3. The van der Waals surface area contributed by atoms with E-state index in [1.807, 2.05) is 4.90 Å². The minimum atomic E-state index is -4.40. The largest absolute Gasteiger partial charge is 0.417 e. The van der Waals surface area contributed by atoms with Crippen molar-refractivity contribution in [2.75, 3.05) is 30.4 Å². The number of halogens is 3. The van der Waals surface area contributed by atoms with E-state index in [-0.39, 0.29) is 11.9 Å². The number of hydrogen-bond acceptors (Lipinski definition) is 5. The Morgan fingerprint density at radius 3 is 2.74 bits per heavy atom. The molecule has 0 spiro atoms. The summed E-state index contributed by atoms with van der Waals surface area (Å²) in [6.45, 7) is 1.27. The first-order valence-electron chi connectivity index (χ1n) is 8.60. The van der Waals surface area contributed by atoms with Crippen LogP contribution in [0.4, 0.5) is 24.8 Å². The highest BCUT2D eigenvalue weighted by atomic mass is 19.4. The van der Waals surface area contributed by atoms with Crippen LogP contribution < -0.4 is 15.5 Å². The van der Waals surface area contributed by atoms with Crippen molar-refractivity contribution in [2.24, 2.45) is 0 Å². The van der Waals surface area contributed by atoms with Crippen LogP contribution in [0.2, 0.25) is 0 Å². The maximum Gasteiger partial charge on any atom is 0.417 e. The van der Waals surface area contributed by atoms with Gasteiger partial charge in [-0.25, -0.2) is 9.97 Å². The van der Waals surface area contributed by atoms with E-state index in [0.29, 0.717) is 30.3 Å². The number of anilines is 2. The van der Waals surface area contributed by atoms with E-state index < -0.39 is 11.7 Å². The molecule has 1 amide bonds. The van der Waals surface area contributed by atoms with Gasteiger partial charge in [0.15, 0.2) is 0 Å². The van der Waals surface area contributed by atoms with Gasteiger partial charge in [-0.3, -0.25) is 4.79 Å². The van der Waals surface area contributed by atoms with E-state index >= 15 is 0 Å². The first-order chi connectivity index (χ1) is 12.9. The molecule has 0 saturated carbocycles. The van der Waals surface area contributed by atoms with Gasteiger partial charge in [0.1, 0.15) is 11.6 Å². The van der Waals surface area contributed by atoms with Crippen LogP contribution in [0.3, 0.4) is 0 Å². The second-order valence-corrected chi connectivity index (χ2v) is 6.31. The SMILES string of the molecule is CNC(=O)c1cccnc1N[C@H]1CCCN(c2ccc(C(F)(F)F)cn2)C1. The lowest BCUT2D eigenvalue weighted by Crippen LogP contribution is -2.43. The van der Waals surface area contributed by atoms with Crippen molar-refractivity contribution in [3.05, 3.63) is 47.8 Å². The van der Waals surface area contributed by atoms with Gasteiger partial charge < -0.3 is 15.5 Å². The van der Waals surface area contributed by atoms with E-state index in [2.05, 4.69) is 20.6 Å². The third-order valence-corrected chi connectivity index (χ3v) is 4.44. The lowest BCUT2D eigenvalue weighted by Gasteiger charge is -2.34. The van der Waals surface area contributed by atoms with Crippen LogP contribution in [-0.2, 0) is 6.18 Å². The van der Waals surface area contributed by atoms with Crippen molar-refractivity contribution in [2.45, 2.75) is 25.1 Å². The standard InChI is InChI=1S/C18H20F3N5O/c1-22-17(27)14-5-2-8-23-16(14)25-13-4-3-9-26(11-13)15-7-6-12(10-24-15)18(19,20)21/h2,5-8,10,13H,3-4,9,11H2,1H3,(H,22,27)(H,23,25)/t13-/m0/s1. The predicted octanol–water partition coefficient (Wildman–Crippen LogP) is 2.94. The number of amides is 1. The fourth-order valence-electron chi connectivity index (χ4n) is 3.08. The smallest absolute Gasteiger partial charge is 0.365 e. The molecule has 9 heteroatoms. The summed E-state index contributed by atoms with van der Waals surface area (Å²) in [5.41, 5.74) is -0.314. The number of nitrogens with zero attached hydrogens (tertiary/aromatic N) is 3. The molecule has 1 saturated heterocycles. The molecule has 1 aliphatic heterocycles. The highest BCUT2D eigenvalue weighted by Crippen LogP contribution is 2.30. The van der Waals surface area contributed by atoms with E-state index in [9.17, 15) is 18.0 Å².